The van der Waals surface area contributed by atoms with Gasteiger partial charge in [0.1, 0.15) is 0 Å². The molecule has 2 aliphatic carbocycles. The lowest BCUT2D eigenvalue weighted by molar-refractivity contribution is 0.238. The van der Waals surface area contributed by atoms with Gasteiger partial charge in [0.25, 0.3) is 0 Å². The molecule has 3 rings (SSSR count). The van der Waals surface area contributed by atoms with Gasteiger partial charge in [-0.15, -0.1) is 0 Å². The highest BCUT2D eigenvalue weighted by Crippen LogP contribution is 2.39. The van der Waals surface area contributed by atoms with Gasteiger partial charge in [0.2, 0.25) is 0 Å². The van der Waals surface area contributed by atoms with Gasteiger partial charge in [-0.3, -0.25) is 0 Å². The summed E-state index contributed by atoms with van der Waals surface area (Å²) in [5.41, 5.74) is 3.19. The number of hydrogen-bond donors (Lipinski definition) is 0. The first-order chi connectivity index (χ1) is 14.3. The molecule has 164 valence electrons. The topological polar surface area (TPSA) is 0 Å². The van der Waals surface area contributed by atoms with E-state index < -0.39 is 0 Å². The third-order valence-corrected chi connectivity index (χ3v) is 8.20. The molecule has 1 aromatic carbocycles. The molecule has 0 aromatic heterocycles. The van der Waals surface area contributed by atoms with Crippen LogP contribution < -0.4 is 0 Å². The third kappa shape index (κ3) is 7.76. The lowest BCUT2D eigenvalue weighted by atomic mass is 9.75. The van der Waals surface area contributed by atoms with Crippen molar-refractivity contribution in [2.75, 3.05) is 0 Å². The quantitative estimate of drug-likeness (QED) is 0.349. The number of unbranched alkanes of at least 4 members (excludes halogenated alkanes) is 1. The smallest absolute Gasteiger partial charge is 0.0159 e. The zero-order chi connectivity index (χ0) is 20.3. The van der Waals surface area contributed by atoms with Gasteiger partial charge < -0.3 is 0 Å². The van der Waals surface area contributed by atoms with E-state index in [9.17, 15) is 0 Å². The van der Waals surface area contributed by atoms with E-state index in [1.165, 1.54) is 109 Å². The Morgan fingerprint density at radius 1 is 0.724 bits per heavy atom. The Bertz CT molecular complexity index is 528. The van der Waals surface area contributed by atoms with Gasteiger partial charge in [0, 0.05) is 0 Å². The summed E-state index contributed by atoms with van der Waals surface area (Å²) in [5.74, 6) is 3.87. The van der Waals surface area contributed by atoms with Crippen LogP contribution in [0, 0.1) is 17.8 Å². The third-order valence-electron chi connectivity index (χ3n) is 8.20. The van der Waals surface area contributed by atoms with Gasteiger partial charge in [-0.1, -0.05) is 115 Å². The molecule has 1 unspecified atom stereocenters. The van der Waals surface area contributed by atoms with E-state index in [1.807, 2.05) is 0 Å². The first-order valence-electron chi connectivity index (χ1n) is 13.4. The number of rotatable bonds is 11. The molecular formula is C29H48. The molecule has 0 aliphatic heterocycles. The van der Waals surface area contributed by atoms with Crippen LogP contribution in [-0.4, -0.2) is 0 Å². The predicted octanol–water partition coefficient (Wildman–Crippen LogP) is 9.47. The second kappa shape index (κ2) is 12.8. The molecule has 0 amide bonds. The van der Waals surface area contributed by atoms with Crippen LogP contribution in [0.2, 0.25) is 0 Å². The Hall–Kier alpha value is -0.780. The summed E-state index contributed by atoms with van der Waals surface area (Å²) in [6.07, 6.45) is 24.6. The molecule has 0 bridgehead atoms. The Labute approximate surface area is 182 Å². The summed E-state index contributed by atoms with van der Waals surface area (Å²) in [7, 11) is 0. The first kappa shape index (κ1) is 22.9. The Morgan fingerprint density at radius 2 is 1.38 bits per heavy atom. The average Bonchev–Trinajstić information content (AvgIpc) is 2.77. The van der Waals surface area contributed by atoms with Crippen molar-refractivity contribution in [1.82, 2.24) is 0 Å². The zero-order valence-electron chi connectivity index (χ0n) is 19.6. The van der Waals surface area contributed by atoms with Crippen LogP contribution >= 0.6 is 0 Å². The average molecular weight is 397 g/mol. The molecule has 0 N–H and O–H groups in total. The fraction of sp³-hybridized carbons (Fsp3) is 0.793. The normalized spacial score (nSPS) is 24.5. The highest BCUT2D eigenvalue weighted by Gasteiger charge is 2.24. The van der Waals surface area contributed by atoms with Crippen molar-refractivity contribution in [2.24, 2.45) is 17.8 Å². The lowest BCUT2D eigenvalue weighted by Gasteiger charge is -2.31. The van der Waals surface area contributed by atoms with E-state index in [4.69, 9.17) is 0 Å². The fourth-order valence-corrected chi connectivity index (χ4v) is 6.24. The molecule has 2 saturated carbocycles. The maximum absolute atomic E-state index is 2.50. The molecule has 0 radical (unpaired) electrons. The number of benzene rings is 1. The van der Waals surface area contributed by atoms with Crippen LogP contribution in [0.5, 0.6) is 0 Å². The summed E-state index contributed by atoms with van der Waals surface area (Å²) in [4.78, 5) is 0. The van der Waals surface area contributed by atoms with Gasteiger partial charge in [-0.05, 0) is 66.9 Å². The summed E-state index contributed by atoms with van der Waals surface area (Å²) < 4.78 is 0. The molecule has 0 heterocycles. The Morgan fingerprint density at radius 3 is 2.00 bits per heavy atom. The second-order valence-corrected chi connectivity index (χ2v) is 10.5. The van der Waals surface area contributed by atoms with E-state index in [0.717, 1.165) is 23.7 Å². The van der Waals surface area contributed by atoms with E-state index in [2.05, 4.69) is 38.1 Å². The zero-order valence-corrected chi connectivity index (χ0v) is 19.6. The van der Waals surface area contributed by atoms with Crippen molar-refractivity contribution < 1.29 is 0 Å². The van der Waals surface area contributed by atoms with Crippen LogP contribution in [0.15, 0.2) is 24.3 Å². The van der Waals surface area contributed by atoms with Crippen molar-refractivity contribution in [2.45, 2.75) is 129 Å². The highest BCUT2D eigenvalue weighted by atomic mass is 14.3. The van der Waals surface area contributed by atoms with Crippen LogP contribution in [0.1, 0.15) is 134 Å². The van der Waals surface area contributed by atoms with Crippen molar-refractivity contribution in [3.05, 3.63) is 35.4 Å². The van der Waals surface area contributed by atoms with Crippen LogP contribution in [0.25, 0.3) is 0 Å². The molecule has 0 saturated heterocycles. The summed E-state index contributed by atoms with van der Waals surface area (Å²) >= 11 is 0. The van der Waals surface area contributed by atoms with Crippen molar-refractivity contribution in [3.63, 3.8) is 0 Å². The number of aryl methyl sites for hydroxylation is 1. The summed E-state index contributed by atoms with van der Waals surface area (Å²) in [6, 6.07) is 9.87. The maximum atomic E-state index is 2.50. The highest BCUT2D eigenvalue weighted by molar-refractivity contribution is 5.25. The van der Waals surface area contributed by atoms with Crippen molar-refractivity contribution >= 4 is 0 Å². The molecule has 29 heavy (non-hydrogen) atoms. The van der Waals surface area contributed by atoms with Crippen molar-refractivity contribution in [3.8, 4) is 0 Å². The molecule has 0 nitrogen and oxygen atoms in total. The standard InChI is InChI=1S/C29H48/c1-3-5-10-25-17-20-28(21-18-25)29(23-27-11-7-6-8-12-27)22-19-26-15-13-24(9-4-2)14-16-26/h17-18,20-21,24,26-27,29H,3-16,19,22-23H2,1-2H3. The number of hydrogen-bond acceptors (Lipinski definition) is 0. The van der Waals surface area contributed by atoms with E-state index >= 15 is 0 Å². The molecular weight excluding hydrogens is 348 g/mol. The molecule has 1 aromatic rings. The van der Waals surface area contributed by atoms with Crippen molar-refractivity contribution in [1.29, 1.82) is 0 Å². The van der Waals surface area contributed by atoms with Crippen LogP contribution in [0.4, 0.5) is 0 Å². The summed E-state index contributed by atoms with van der Waals surface area (Å²) in [6.45, 7) is 4.65. The summed E-state index contributed by atoms with van der Waals surface area (Å²) in [5, 5.41) is 0. The minimum absolute atomic E-state index is 0.812. The monoisotopic (exact) mass is 396 g/mol. The van der Waals surface area contributed by atoms with Gasteiger partial charge in [0.15, 0.2) is 0 Å². The van der Waals surface area contributed by atoms with Crippen LogP contribution in [-0.2, 0) is 6.42 Å². The minimum Gasteiger partial charge on any atom is -0.0654 e. The Balaban J connectivity index is 1.56. The van der Waals surface area contributed by atoms with E-state index in [0.29, 0.717) is 0 Å². The largest absolute Gasteiger partial charge is 0.0654 e. The van der Waals surface area contributed by atoms with Gasteiger partial charge >= 0.3 is 0 Å². The van der Waals surface area contributed by atoms with Crippen LogP contribution in [0.3, 0.4) is 0 Å². The first-order valence-corrected chi connectivity index (χ1v) is 13.4. The maximum Gasteiger partial charge on any atom is -0.0159 e. The SMILES string of the molecule is CCCCc1ccc(C(CCC2CCC(CCC)CC2)CC2CCCCC2)cc1. The Kier molecular flexibility index (Phi) is 10.1. The fourth-order valence-electron chi connectivity index (χ4n) is 6.24. The molecule has 2 fully saturated rings. The predicted molar refractivity (Wildman–Crippen MR) is 129 cm³/mol. The van der Waals surface area contributed by atoms with E-state index in [-0.39, 0.29) is 0 Å². The van der Waals surface area contributed by atoms with Gasteiger partial charge in [-0.2, -0.15) is 0 Å². The molecule has 1 atom stereocenters. The lowest BCUT2D eigenvalue weighted by Crippen LogP contribution is -2.16. The minimum atomic E-state index is 0.812. The van der Waals surface area contributed by atoms with Gasteiger partial charge in [-0.25, -0.2) is 0 Å². The second-order valence-electron chi connectivity index (χ2n) is 10.5. The molecule has 2 aliphatic rings. The molecule has 0 spiro atoms. The van der Waals surface area contributed by atoms with Gasteiger partial charge in [0.05, 0.1) is 0 Å². The van der Waals surface area contributed by atoms with E-state index in [1.54, 1.807) is 11.1 Å². The molecule has 0 heteroatoms.